The van der Waals surface area contributed by atoms with Crippen LogP contribution in [0.5, 0.6) is 0 Å². The molecule has 3 nitrogen and oxygen atoms in total. The normalized spacial score (nSPS) is 21.9. The van der Waals surface area contributed by atoms with Crippen LogP contribution in [0.15, 0.2) is 36.4 Å². The molecular formula is C23H25F3N2O. The first-order valence-corrected chi connectivity index (χ1v) is 9.82. The minimum absolute atomic E-state index is 0.0938. The zero-order valence-electron chi connectivity index (χ0n) is 16.8. The number of aromatic amines is 1. The Morgan fingerprint density at radius 3 is 2.52 bits per heavy atom. The van der Waals surface area contributed by atoms with Crippen molar-refractivity contribution in [3.63, 3.8) is 0 Å². The van der Waals surface area contributed by atoms with Gasteiger partial charge < -0.3 is 10.1 Å². The second kappa shape index (κ2) is 7.18. The molecule has 0 spiro atoms. The Balaban J connectivity index is 1.96. The summed E-state index contributed by atoms with van der Waals surface area (Å²) in [7, 11) is 0. The van der Waals surface area contributed by atoms with E-state index in [4.69, 9.17) is 0 Å². The molecule has 3 aromatic rings. The van der Waals surface area contributed by atoms with Gasteiger partial charge in [0.2, 0.25) is 0 Å². The third kappa shape index (κ3) is 3.45. The molecule has 154 valence electrons. The summed E-state index contributed by atoms with van der Waals surface area (Å²) in [4.78, 5) is 5.08. The van der Waals surface area contributed by atoms with Crippen molar-refractivity contribution in [1.82, 2.24) is 9.88 Å². The van der Waals surface area contributed by atoms with Crippen molar-refractivity contribution in [1.29, 1.82) is 0 Å². The van der Waals surface area contributed by atoms with Crippen molar-refractivity contribution in [2.24, 2.45) is 0 Å². The minimum Gasteiger partial charge on any atom is -0.393 e. The van der Waals surface area contributed by atoms with Gasteiger partial charge in [0.1, 0.15) is 17.3 Å². The fourth-order valence-electron chi connectivity index (χ4n) is 4.47. The Morgan fingerprint density at radius 1 is 1.21 bits per heavy atom. The van der Waals surface area contributed by atoms with E-state index < -0.39 is 30.0 Å². The van der Waals surface area contributed by atoms with Crippen molar-refractivity contribution in [2.45, 2.75) is 44.9 Å². The minimum atomic E-state index is -1.90. The second-order valence-corrected chi connectivity index (χ2v) is 8.40. The van der Waals surface area contributed by atoms with E-state index in [1.807, 2.05) is 31.2 Å². The third-order valence-electron chi connectivity index (χ3n) is 5.86. The number of rotatable bonds is 4. The highest BCUT2D eigenvalue weighted by Crippen LogP contribution is 2.43. The van der Waals surface area contributed by atoms with Crippen LogP contribution in [0.1, 0.15) is 42.3 Å². The second-order valence-electron chi connectivity index (χ2n) is 8.40. The van der Waals surface area contributed by atoms with Gasteiger partial charge in [0.15, 0.2) is 0 Å². The number of halogens is 3. The van der Waals surface area contributed by atoms with Crippen molar-refractivity contribution < 1.29 is 18.3 Å². The maximum atomic E-state index is 15.0. The van der Waals surface area contributed by atoms with Gasteiger partial charge >= 0.3 is 0 Å². The SMILES string of the molecule is Cc1cc(F)c([C@@H]2c3[nH]c4ccccc4c3C[C@@H](C)N2CC(C)(F)CO)c(F)c1. The van der Waals surface area contributed by atoms with E-state index in [-0.39, 0.29) is 18.2 Å². The molecule has 0 fully saturated rings. The van der Waals surface area contributed by atoms with Gasteiger partial charge in [-0.3, -0.25) is 4.90 Å². The van der Waals surface area contributed by atoms with Gasteiger partial charge in [0, 0.05) is 34.7 Å². The summed E-state index contributed by atoms with van der Waals surface area (Å²) in [5.74, 6) is -1.30. The molecule has 1 unspecified atom stereocenters. The number of fused-ring (bicyclic) bond motifs is 3. The number of benzene rings is 2. The topological polar surface area (TPSA) is 39.3 Å². The maximum absolute atomic E-state index is 15.0. The molecule has 2 aromatic carbocycles. The number of nitrogens with zero attached hydrogens (tertiary/aromatic N) is 1. The number of hydrogen-bond acceptors (Lipinski definition) is 2. The summed E-state index contributed by atoms with van der Waals surface area (Å²) in [6, 6.07) is 9.36. The molecule has 0 saturated carbocycles. The standard InChI is InChI=1S/C23H25F3N2O/c1-13-8-17(24)20(18(25)9-13)22-21-16(15-6-4-5-7-19(15)27-21)10-14(2)28(22)11-23(3,26)12-29/h4-9,14,22,27,29H,10-12H2,1-3H3/t14-,22-,23?/m1/s1. The highest BCUT2D eigenvalue weighted by Gasteiger charge is 2.41. The Morgan fingerprint density at radius 2 is 1.86 bits per heavy atom. The molecule has 2 N–H and O–H groups in total. The molecule has 0 amide bonds. The van der Waals surface area contributed by atoms with E-state index >= 15 is 8.78 Å². The lowest BCUT2D eigenvalue weighted by atomic mass is 9.87. The molecule has 29 heavy (non-hydrogen) atoms. The van der Waals surface area contributed by atoms with Gasteiger partial charge in [-0.05, 0) is 56.5 Å². The molecule has 0 bridgehead atoms. The summed E-state index contributed by atoms with van der Waals surface area (Å²) in [5, 5.41) is 10.5. The molecule has 0 aliphatic carbocycles. The van der Waals surface area contributed by atoms with Crippen LogP contribution < -0.4 is 0 Å². The predicted molar refractivity (Wildman–Crippen MR) is 108 cm³/mol. The summed E-state index contributed by atoms with van der Waals surface area (Å²) < 4.78 is 44.9. The van der Waals surface area contributed by atoms with E-state index in [9.17, 15) is 9.50 Å². The molecule has 2 heterocycles. The van der Waals surface area contributed by atoms with Crippen LogP contribution in [0, 0.1) is 18.6 Å². The fraction of sp³-hybridized carbons (Fsp3) is 0.391. The van der Waals surface area contributed by atoms with Crippen LogP contribution >= 0.6 is 0 Å². The highest BCUT2D eigenvalue weighted by molar-refractivity contribution is 5.85. The van der Waals surface area contributed by atoms with Crippen LogP contribution in [0.2, 0.25) is 0 Å². The van der Waals surface area contributed by atoms with Crippen LogP contribution in [0.4, 0.5) is 13.2 Å². The van der Waals surface area contributed by atoms with Crippen molar-refractivity contribution in [3.05, 3.63) is 70.4 Å². The monoisotopic (exact) mass is 402 g/mol. The van der Waals surface area contributed by atoms with Crippen LogP contribution in [0.3, 0.4) is 0 Å². The number of aryl methyl sites for hydroxylation is 1. The first-order valence-electron chi connectivity index (χ1n) is 9.82. The molecule has 3 atom stereocenters. The smallest absolute Gasteiger partial charge is 0.143 e. The first kappa shape index (κ1) is 20.0. The number of aromatic nitrogens is 1. The van der Waals surface area contributed by atoms with E-state index in [2.05, 4.69) is 4.98 Å². The molecule has 1 aromatic heterocycles. The number of aliphatic hydroxyl groups is 1. The average Bonchev–Trinajstić information content (AvgIpc) is 3.01. The lowest BCUT2D eigenvalue weighted by molar-refractivity contribution is 0.0162. The van der Waals surface area contributed by atoms with Crippen LogP contribution in [0.25, 0.3) is 10.9 Å². The predicted octanol–water partition coefficient (Wildman–Crippen LogP) is 4.81. The molecule has 1 aliphatic heterocycles. The summed E-state index contributed by atoms with van der Waals surface area (Å²) in [5.41, 5.74) is 1.06. The van der Waals surface area contributed by atoms with Crippen molar-refractivity contribution in [2.75, 3.05) is 13.2 Å². The Kier molecular flexibility index (Phi) is 4.95. The molecule has 0 saturated heterocycles. The van der Waals surface area contributed by atoms with Gasteiger partial charge in [-0.15, -0.1) is 0 Å². The maximum Gasteiger partial charge on any atom is 0.143 e. The van der Waals surface area contributed by atoms with Gasteiger partial charge in [0.05, 0.1) is 12.6 Å². The Labute approximate surface area is 168 Å². The van der Waals surface area contributed by atoms with Crippen LogP contribution in [-0.4, -0.2) is 39.9 Å². The van der Waals surface area contributed by atoms with Gasteiger partial charge in [-0.1, -0.05) is 18.2 Å². The molecule has 6 heteroatoms. The summed E-state index contributed by atoms with van der Waals surface area (Å²) >= 11 is 0. The zero-order chi connectivity index (χ0) is 20.9. The van der Waals surface area contributed by atoms with E-state index in [1.54, 1.807) is 11.8 Å². The summed E-state index contributed by atoms with van der Waals surface area (Å²) in [6.45, 7) is 4.06. The number of para-hydroxylation sites is 1. The number of H-pyrrole nitrogens is 1. The van der Waals surface area contributed by atoms with Gasteiger partial charge in [-0.2, -0.15) is 0 Å². The number of alkyl halides is 1. The molecule has 1 aliphatic rings. The average molecular weight is 402 g/mol. The van der Waals surface area contributed by atoms with Gasteiger partial charge in [0.25, 0.3) is 0 Å². The van der Waals surface area contributed by atoms with Gasteiger partial charge in [-0.25, -0.2) is 13.2 Å². The van der Waals surface area contributed by atoms with Crippen molar-refractivity contribution in [3.8, 4) is 0 Å². The Bertz CT molecular complexity index is 1040. The number of hydrogen-bond donors (Lipinski definition) is 2. The fourth-order valence-corrected chi connectivity index (χ4v) is 4.47. The Hall–Kier alpha value is -2.31. The van der Waals surface area contributed by atoms with Crippen LogP contribution in [-0.2, 0) is 6.42 Å². The lowest BCUT2D eigenvalue weighted by Gasteiger charge is -2.43. The van der Waals surface area contributed by atoms with E-state index in [0.717, 1.165) is 16.5 Å². The van der Waals surface area contributed by atoms with E-state index in [0.29, 0.717) is 17.7 Å². The quantitative estimate of drug-likeness (QED) is 0.657. The van der Waals surface area contributed by atoms with Crippen molar-refractivity contribution >= 4 is 10.9 Å². The largest absolute Gasteiger partial charge is 0.393 e. The first-order chi connectivity index (χ1) is 13.7. The number of aliphatic hydroxyl groups excluding tert-OH is 1. The lowest BCUT2D eigenvalue weighted by Crippen LogP contribution is -2.50. The summed E-state index contributed by atoms with van der Waals surface area (Å²) in [6.07, 6.45) is 0.618. The van der Waals surface area contributed by atoms with E-state index in [1.165, 1.54) is 19.1 Å². The molecule has 0 radical (unpaired) electrons. The highest BCUT2D eigenvalue weighted by atomic mass is 19.1. The number of nitrogens with one attached hydrogen (secondary N) is 1. The zero-order valence-corrected chi connectivity index (χ0v) is 16.8. The molecular weight excluding hydrogens is 377 g/mol. The molecule has 4 rings (SSSR count). The third-order valence-corrected chi connectivity index (χ3v) is 5.86.